The molecule has 3 heterocycles. The van der Waals surface area contributed by atoms with Crippen LogP contribution >= 0.6 is 0 Å². The zero-order chi connectivity index (χ0) is 24.3. The summed E-state index contributed by atoms with van der Waals surface area (Å²) in [7, 11) is 0. The SMILES string of the molecule is CC(=O)c1ccc(N2C(=O)C3C(C2=O)C2c4ccccc4C=CN2C3C(=O)c2ccccc2)cc1. The molecular formula is C29H22N2O4. The Morgan fingerprint density at radius 1 is 0.743 bits per heavy atom. The zero-order valence-corrected chi connectivity index (χ0v) is 19.0. The standard InChI is InChI=1S/C29H22N2O4/c1-17(32)18-11-13-21(14-12-18)31-28(34)23-24(29(31)35)26(27(33)20-8-3-2-4-9-20)30-16-15-19-7-5-6-10-22(19)25(23)30/h2-16,23-26H,1H3. The highest BCUT2D eigenvalue weighted by molar-refractivity contribution is 6.24. The molecule has 0 spiro atoms. The van der Waals surface area contributed by atoms with E-state index in [0.29, 0.717) is 16.8 Å². The first-order valence-corrected chi connectivity index (χ1v) is 11.6. The molecule has 0 N–H and O–H groups in total. The van der Waals surface area contributed by atoms with Crippen LogP contribution in [0.15, 0.2) is 85.1 Å². The van der Waals surface area contributed by atoms with E-state index in [2.05, 4.69) is 0 Å². The maximum absolute atomic E-state index is 13.9. The van der Waals surface area contributed by atoms with Crippen LogP contribution in [0.1, 0.15) is 44.8 Å². The second-order valence-corrected chi connectivity index (χ2v) is 9.18. The van der Waals surface area contributed by atoms with Crippen molar-refractivity contribution in [3.63, 3.8) is 0 Å². The first-order chi connectivity index (χ1) is 17.0. The van der Waals surface area contributed by atoms with Crippen LogP contribution in [0.2, 0.25) is 0 Å². The molecular weight excluding hydrogens is 440 g/mol. The highest BCUT2D eigenvalue weighted by Crippen LogP contribution is 2.53. The number of rotatable bonds is 4. The molecule has 4 atom stereocenters. The summed E-state index contributed by atoms with van der Waals surface area (Å²) in [5.74, 6) is -2.49. The van der Waals surface area contributed by atoms with Gasteiger partial charge in [-0.25, -0.2) is 4.90 Å². The van der Waals surface area contributed by atoms with E-state index in [9.17, 15) is 19.2 Å². The lowest BCUT2D eigenvalue weighted by atomic mass is 9.83. The fourth-order valence-corrected chi connectivity index (χ4v) is 5.73. The van der Waals surface area contributed by atoms with Crippen molar-refractivity contribution in [2.45, 2.75) is 19.0 Å². The smallest absolute Gasteiger partial charge is 0.240 e. The Morgan fingerprint density at radius 3 is 2.11 bits per heavy atom. The van der Waals surface area contributed by atoms with Gasteiger partial charge in [-0.05, 0) is 48.4 Å². The molecule has 3 aromatic carbocycles. The van der Waals surface area contributed by atoms with Gasteiger partial charge >= 0.3 is 0 Å². The summed E-state index contributed by atoms with van der Waals surface area (Å²) in [6.07, 6.45) is 3.79. The number of ketones is 2. The molecule has 0 aromatic heterocycles. The largest absolute Gasteiger partial charge is 0.358 e. The zero-order valence-electron chi connectivity index (χ0n) is 19.0. The third-order valence-electron chi connectivity index (χ3n) is 7.32. The van der Waals surface area contributed by atoms with Crippen molar-refractivity contribution < 1.29 is 19.2 Å². The molecule has 0 bridgehead atoms. The van der Waals surface area contributed by atoms with Crippen LogP contribution in [-0.2, 0) is 9.59 Å². The molecule has 6 nitrogen and oxygen atoms in total. The Morgan fingerprint density at radius 2 is 1.40 bits per heavy atom. The number of hydrogen-bond acceptors (Lipinski definition) is 5. The molecule has 2 amide bonds. The van der Waals surface area contributed by atoms with Crippen molar-refractivity contribution in [3.8, 4) is 0 Å². The molecule has 0 aliphatic carbocycles. The van der Waals surface area contributed by atoms with E-state index in [1.165, 1.54) is 11.8 Å². The number of benzene rings is 3. The summed E-state index contributed by atoms with van der Waals surface area (Å²) in [5, 5.41) is 0. The summed E-state index contributed by atoms with van der Waals surface area (Å²) in [4.78, 5) is 56.3. The Bertz CT molecular complexity index is 1410. The highest BCUT2D eigenvalue weighted by atomic mass is 16.2. The topological polar surface area (TPSA) is 74.8 Å². The molecule has 6 rings (SSSR count). The number of fused-ring (bicyclic) bond motifs is 5. The lowest BCUT2D eigenvalue weighted by molar-refractivity contribution is -0.123. The van der Waals surface area contributed by atoms with E-state index in [4.69, 9.17) is 0 Å². The Kier molecular flexibility index (Phi) is 4.78. The Hall–Kier alpha value is -4.32. The second-order valence-electron chi connectivity index (χ2n) is 9.18. The maximum atomic E-state index is 13.9. The number of hydrogen-bond donors (Lipinski definition) is 0. The van der Waals surface area contributed by atoms with Crippen LogP contribution in [0, 0.1) is 11.8 Å². The van der Waals surface area contributed by atoms with Crippen LogP contribution in [0.5, 0.6) is 0 Å². The van der Waals surface area contributed by atoms with Crippen molar-refractivity contribution in [2.24, 2.45) is 11.8 Å². The number of carbonyl (C=O) groups is 4. The van der Waals surface area contributed by atoms with Crippen LogP contribution < -0.4 is 4.90 Å². The van der Waals surface area contributed by atoms with Gasteiger partial charge in [0.2, 0.25) is 11.8 Å². The minimum absolute atomic E-state index is 0.0951. The van der Waals surface area contributed by atoms with Gasteiger partial charge < -0.3 is 4.90 Å². The molecule has 0 saturated carbocycles. The van der Waals surface area contributed by atoms with E-state index < -0.39 is 23.9 Å². The van der Waals surface area contributed by atoms with Crippen molar-refractivity contribution in [1.29, 1.82) is 0 Å². The first-order valence-electron chi connectivity index (χ1n) is 11.6. The lowest BCUT2D eigenvalue weighted by Crippen LogP contribution is -2.44. The normalized spacial score (nSPS) is 24.3. The quantitative estimate of drug-likeness (QED) is 0.427. The molecule has 0 radical (unpaired) electrons. The fourth-order valence-electron chi connectivity index (χ4n) is 5.73. The predicted octanol–water partition coefficient (Wildman–Crippen LogP) is 4.29. The van der Waals surface area contributed by atoms with Gasteiger partial charge in [0, 0.05) is 17.3 Å². The van der Waals surface area contributed by atoms with Gasteiger partial charge in [0.05, 0.1) is 23.6 Å². The highest BCUT2D eigenvalue weighted by Gasteiger charge is 2.64. The van der Waals surface area contributed by atoms with E-state index in [1.54, 1.807) is 48.5 Å². The summed E-state index contributed by atoms with van der Waals surface area (Å²) < 4.78 is 0. The third-order valence-corrected chi connectivity index (χ3v) is 7.32. The van der Waals surface area contributed by atoms with Crippen LogP contribution in [0.25, 0.3) is 6.08 Å². The predicted molar refractivity (Wildman–Crippen MR) is 131 cm³/mol. The molecule has 35 heavy (non-hydrogen) atoms. The van der Waals surface area contributed by atoms with Crippen LogP contribution in [0.4, 0.5) is 5.69 Å². The third kappa shape index (κ3) is 3.10. The van der Waals surface area contributed by atoms with Crippen molar-refractivity contribution in [3.05, 3.63) is 107 Å². The Balaban J connectivity index is 1.47. The number of nitrogens with zero attached hydrogens (tertiary/aromatic N) is 2. The molecule has 6 heteroatoms. The van der Waals surface area contributed by atoms with Crippen LogP contribution in [-0.4, -0.2) is 34.3 Å². The number of imide groups is 1. The van der Waals surface area contributed by atoms with Gasteiger partial charge in [-0.1, -0.05) is 54.6 Å². The number of Topliss-reactive ketones (excluding diaryl/α,β-unsaturated/α-hetero) is 2. The molecule has 172 valence electrons. The minimum Gasteiger partial charge on any atom is -0.358 e. The number of amides is 2. The number of carbonyl (C=O) groups excluding carboxylic acids is 4. The molecule has 4 unspecified atom stereocenters. The van der Waals surface area contributed by atoms with E-state index >= 15 is 0 Å². The van der Waals surface area contributed by atoms with Crippen molar-refractivity contribution in [2.75, 3.05) is 4.90 Å². The Labute approximate surface area is 202 Å². The summed E-state index contributed by atoms with van der Waals surface area (Å²) >= 11 is 0. The summed E-state index contributed by atoms with van der Waals surface area (Å²) in [5.41, 5.74) is 3.33. The molecule has 3 aromatic rings. The monoisotopic (exact) mass is 462 g/mol. The first kappa shape index (κ1) is 21.2. The van der Waals surface area contributed by atoms with Gasteiger partial charge in [0.1, 0.15) is 6.04 Å². The molecule has 2 fully saturated rings. The average Bonchev–Trinajstić information content (AvgIpc) is 3.36. The minimum atomic E-state index is -0.816. The van der Waals surface area contributed by atoms with Gasteiger partial charge in [-0.2, -0.15) is 0 Å². The number of anilines is 1. The average molecular weight is 463 g/mol. The molecule has 2 saturated heterocycles. The second kappa shape index (κ2) is 7.87. The van der Waals surface area contributed by atoms with E-state index in [-0.39, 0.29) is 23.4 Å². The summed E-state index contributed by atoms with van der Waals surface area (Å²) in [6, 6.07) is 21.9. The van der Waals surface area contributed by atoms with E-state index in [0.717, 1.165) is 11.1 Å². The van der Waals surface area contributed by atoms with Crippen molar-refractivity contribution in [1.82, 2.24) is 4.90 Å². The summed E-state index contributed by atoms with van der Waals surface area (Å²) in [6.45, 7) is 1.47. The van der Waals surface area contributed by atoms with E-state index in [1.807, 2.05) is 47.5 Å². The molecule has 3 aliphatic heterocycles. The lowest BCUT2D eigenvalue weighted by Gasteiger charge is -2.35. The maximum Gasteiger partial charge on any atom is 0.240 e. The molecule has 3 aliphatic rings. The van der Waals surface area contributed by atoms with Crippen molar-refractivity contribution >= 4 is 35.1 Å². The van der Waals surface area contributed by atoms with Gasteiger partial charge in [-0.15, -0.1) is 0 Å². The fraction of sp³-hybridized carbons (Fsp3) is 0.172. The van der Waals surface area contributed by atoms with Crippen LogP contribution in [0.3, 0.4) is 0 Å². The van der Waals surface area contributed by atoms with Gasteiger partial charge in [0.15, 0.2) is 11.6 Å². The van der Waals surface area contributed by atoms with Gasteiger partial charge in [0.25, 0.3) is 0 Å². The van der Waals surface area contributed by atoms with Gasteiger partial charge in [-0.3, -0.25) is 19.2 Å².